The van der Waals surface area contributed by atoms with Gasteiger partial charge in [0, 0.05) is 18.1 Å². The van der Waals surface area contributed by atoms with Crippen LogP contribution in [0, 0.1) is 5.82 Å². The van der Waals surface area contributed by atoms with Crippen LogP contribution >= 0.6 is 11.6 Å². The summed E-state index contributed by atoms with van der Waals surface area (Å²) in [5, 5.41) is 3.37. The van der Waals surface area contributed by atoms with Gasteiger partial charge < -0.3 is 15.0 Å². The van der Waals surface area contributed by atoms with Crippen molar-refractivity contribution in [3.63, 3.8) is 0 Å². The average Bonchev–Trinajstić information content (AvgIpc) is 2.72. The van der Waals surface area contributed by atoms with Crippen molar-refractivity contribution in [3.8, 4) is 5.75 Å². The fraction of sp³-hybridized carbons (Fsp3) is 0.364. The summed E-state index contributed by atoms with van der Waals surface area (Å²) in [7, 11) is 0. The van der Waals surface area contributed by atoms with Gasteiger partial charge in [0.05, 0.1) is 0 Å². The second-order valence-electron chi connectivity index (χ2n) is 6.57. The molecule has 156 valence electrons. The Kier molecular flexibility index (Phi) is 8.93. The second kappa shape index (κ2) is 11.4. The lowest BCUT2D eigenvalue weighted by atomic mass is 10.1. The van der Waals surface area contributed by atoms with Crippen molar-refractivity contribution >= 4 is 23.4 Å². The number of carbonyl (C=O) groups is 2. The number of benzene rings is 2. The normalized spacial score (nSPS) is 11.6. The van der Waals surface area contributed by atoms with Crippen LogP contribution in [0.2, 0.25) is 5.02 Å². The van der Waals surface area contributed by atoms with Crippen LogP contribution in [0.25, 0.3) is 0 Å². The lowest BCUT2D eigenvalue weighted by Crippen LogP contribution is -2.50. The zero-order chi connectivity index (χ0) is 21.2. The van der Waals surface area contributed by atoms with E-state index in [1.54, 1.807) is 12.1 Å². The van der Waals surface area contributed by atoms with Crippen LogP contribution in [0.4, 0.5) is 4.39 Å². The van der Waals surface area contributed by atoms with Crippen molar-refractivity contribution in [1.29, 1.82) is 0 Å². The molecule has 2 rings (SSSR count). The summed E-state index contributed by atoms with van der Waals surface area (Å²) in [6.45, 7) is 4.26. The van der Waals surface area contributed by atoms with Gasteiger partial charge in [0.1, 0.15) is 17.6 Å². The van der Waals surface area contributed by atoms with E-state index >= 15 is 0 Å². The van der Waals surface area contributed by atoms with Crippen molar-refractivity contribution in [2.24, 2.45) is 0 Å². The highest BCUT2D eigenvalue weighted by molar-refractivity contribution is 6.31. The van der Waals surface area contributed by atoms with E-state index in [1.165, 1.54) is 29.2 Å². The maximum atomic E-state index is 13.0. The van der Waals surface area contributed by atoms with Gasteiger partial charge in [-0.15, -0.1) is 0 Å². The van der Waals surface area contributed by atoms with Crippen molar-refractivity contribution in [3.05, 3.63) is 64.9 Å². The third-order valence-corrected chi connectivity index (χ3v) is 4.78. The molecule has 0 radical (unpaired) electrons. The third kappa shape index (κ3) is 6.75. The van der Waals surface area contributed by atoms with E-state index in [0.29, 0.717) is 23.7 Å². The summed E-state index contributed by atoms with van der Waals surface area (Å²) in [4.78, 5) is 27.1. The molecule has 1 N–H and O–H groups in total. The van der Waals surface area contributed by atoms with Crippen molar-refractivity contribution in [2.75, 3.05) is 13.2 Å². The SMILES string of the molecule is CCCNC(=O)[C@H](CC)N(Cc1ccccc1Cl)C(=O)COc1ccc(F)cc1. The van der Waals surface area contributed by atoms with Crippen LogP contribution in [0.5, 0.6) is 5.75 Å². The van der Waals surface area contributed by atoms with Gasteiger partial charge in [0.25, 0.3) is 5.91 Å². The lowest BCUT2D eigenvalue weighted by molar-refractivity contribution is -0.143. The molecule has 2 amide bonds. The smallest absolute Gasteiger partial charge is 0.261 e. The zero-order valence-electron chi connectivity index (χ0n) is 16.7. The maximum absolute atomic E-state index is 13.0. The molecule has 0 heterocycles. The number of carbonyl (C=O) groups excluding carboxylic acids is 2. The highest BCUT2D eigenvalue weighted by Crippen LogP contribution is 2.20. The van der Waals surface area contributed by atoms with Crippen molar-refractivity contribution < 1.29 is 18.7 Å². The number of nitrogens with one attached hydrogen (secondary N) is 1. The lowest BCUT2D eigenvalue weighted by Gasteiger charge is -2.30. The van der Waals surface area contributed by atoms with Gasteiger partial charge in [0.2, 0.25) is 5.91 Å². The Morgan fingerprint density at radius 1 is 1.14 bits per heavy atom. The summed E-state index contributed by atoms with van der Waals surface area (Å²) in [6, 6.07) is 12.0. The Hall–Kier alpha value is -2.60. The number of rotatable bonds is 10. The molecule has 0 aliphatic heterocycles. The van der Waals surface area contributed by atoms with E-state index in [1.807, 2.05) is 26.0 Å². The predicted molar refractivity (Wildman–Crippen MR) is 111 cm³/mol. The Morgan fingerprint density at radius 2 is 1.83 bits per heavy atom. The van der Waals surface area contributed by atoms with Crippen LogP contribution in [0.3, 0.4) is 0 Å². The number of hydrogen-bond acceptors (Lipinski definition) is 3. The van der Waals surface area contributed by atoms with Gasteiger partial charge in [-0.25, -0.2) is 4.39 Å². The fourth-order valence-corrected chi connectivity index (χ4v) is 3.05. The van der Waals surface area contributed by atoms with Gasteiger partial charge >= 0.3 is 0 Å². The zero-order valence-corrected chi connectivity index (χ0v) is 17.4. The minimum absolute atomic E-state index is 0.184. The van der Waals surface area contributed by atoms with Gasteiger partial charge in [-0.3, -0.25) is 9.59 Å². The molecule has 0 aliphatic carbocycles. The number of nitrogens with zero attached hydrogens (tertiary/aromatic N) is 1. The molecular weight excluding hydrogens is 395 g/mol. The van der Waals surface area contributed by atoms with Gasteiger partial charge in [-0.05, 0) is 48.7 Å². The van der Waals surface area contributed by atoms with E-state index in [4.69, 9.17) is 16.3 Å². The predicted octanol–water partition coefficient (Wildman–Crippen LogP) is 4.19. The molecule has 0 saturated heterocycles. The molecule has 0 fully saturated rings. The summed E-state index contributed by atoms with van der Waals surface area (Å²) in [6.07, 6.45) is 1.25. The molecule has 0 spiro atoms. The van der Waals surface area contributed by atoms with Gasteiger partial charge in [-0.1, -0.05) is 43.6 Å². The first-order valence-electron chi connectivity index (χ1n) is 9.65. The second-order valence-corrected chi connectivity index (χ2v) is 6.98. The van der Waals surface area contributed by atoms with Crippen LogP contribution in [-0.4, -0.2) is 35.9 Å². The third-order valence-electron chi connectivity index (χ3n) is 4.41. The molecule has 5 nitrogen and oxygen atoms in total. The summed E-state index contributed by atoms with van der Waals surface area (Å²) < 4.78 is 18.6. The number of halogens is 2. The van der Waals surface area contributed by atoms with E-state index in [-0.39, 0.29) is 30.8 Å². The standard InChI is InChI=1S/C22H26ClFN2O3/c1-3-13-25-22(28)20(4-2)26(14-16-7-5-6-8-19(16)23)21(27)15-29-18-11-9-17(24)10-12-18/h5-12,20H,3-4,13-15H2,1-2H3,(H,25,28)/t20-/m0/s1. The molecular formula is C22H26ClFN2O3. The van der Waals surface area contributed by atoms with Crippen molar-refractivity contribution in [2.45, 2.75) is 39.3 Å². The Morgan fingerprint density at radius 3 is 2.45 bits per heavy atom. The molecule has 0 bridgehead atoms. The van der Waals surface area contributed by atoms with E-state index in [0.717, 1.165) is 12.0 Å². The van der Waals surface area contributed by atoms with Crippen LogP contribution in [0.1, 0.15) is 32.3 Å². The minimum atomic E-state index is -0.651. The highest BCUT2D eigenvalue weighted by Gasteiger charge is 2.29. The number of amides is 2. The quantitative estimate of drug-likeness (QED) is 0.627. The molecule has 0 aromatic heterocycles. The van der Waals surface area contributed by atoms with Crippen LogP contribution in [0.15, 0.2) is 48.5 Å². The van der Waals surface area contributed by atoms with Crippen molar-refractivity contribution in [1.82, 2.24) is 10.2 Å². The minimum Gasteiger partial charge on any atom is -0.484 e. The highest BCUT2D eigenvalue weighted by atomic mass is 35.5. The molecule has 29 heavy (non-hydrogen) atoms. The van der Waals surface area contributed by atoms with Crippen LogP contribution in [-0.2, 0) is 16.1 Å². The molecule has 0 aliphatic rings. The number of ether oxygens (including phenoxy) is 1. The Labute approximate surface area is 175 Å². The molecule has 0 unspecified atom stereocenters. The van der Waals surface area contributed by atoms with Crippen LogP contribution < -0.4 is 10.1 Å². The topological polar surface area (TPSA) is 58.6 Å². The van der Waals surface area contributed by atoms with E-state index < -0.39 is 6.04 Å². The number of hydrogen-bond donors (Lipinski definition) is 1. The maximum Gasteiger partial charge on any atom is 0.261 e. The first kappa shape index (κ1) is 22.7. The monoisotopic (exact) mass is 420 g/mol. The molecule has 7 heteroatoms. The fourth-order valence-electron chi connectivity index (χ4n) is 2.85. The average molecular weight is 421 g/mol. The summed E-state index contributed by atoms with van der Waals surface area (Å²) in [5.41, 5.74) is 0.742. The van der Waals surface area contributed by atoms with Gasteiger partial charge in [0.15, 0.2) is 6.61 Å². The molecule has 2 aromatic rings. The first-order chi connectivity index (χ1) is 14.0. The summed E-state index contributed by atoms with van der Waals surface area (Å²) in [5.74, 6) is -0.576. The van der Waals surface area contributed by atoms with E-state index in [2.05, 4.69) is 5.32 Å². The first-order valence-corrected chi connectivity index (χ1v) is 10.0. The van der Waals surface area contributed by atoms with E-state index in [9.17, 15) is 14.0 Å². The molecule has 1 atom stereocenters. The Bertz CT molecular complexity index is 814. The Balaban J connectivity index is 2.19. The molecule has 2 aromatic carbocycles. The largest absolute Gasteiger partial charge is 0.484 e. The van der Waals surface area contributed by atoms with Gasteiger partial charge in [-0.2, -0.15) is 0 Å². The molecule has 0 saturated carbocycles. The summed E-state index contributed by atoms with van der Waals surface area (Å²) >= 11 is 6.27.